The Balaban J connectivity index is 1.69. The largest absolute Gasteiger partial charge is 0.387 e. The molecule has 5 heteroatoms. The number of anilines is 1. The first kappa shape index (κ1) is 15.9. The van der Waals surface area contributed by atoms with Gasteiger partial charge in [-0.3, -0.25) is 0 Å². The van der Waals surface area contributed by atoms with Crippen molar-refractivity contribution in [3.05, 3.63) is 76.1 Å². The second kappa shape index (κ2) is 7.52. The van der Waals surface area contributed by atoms with Crippen LogP contribution in [0.3, 0.4) is 0 Å². The number of rotatable bonds is 5. The van der Waals surface area contributed by atoms with Gasteiger partial charge in [-0.2, -0.15) is 0 Å². The summed E-state index contributed by atoms with van der Waals surface area (Å²) in [6.07, 6.45) is 0.956. The van der Waals surface area contributed by atoms with Crippen LogP contribution < -0.4 is 5.32 Å². The molecule has 1 heterocycles. The lowest BCUT2D eigenvalue weighted by atomic mass is 10.1. The molecule has 0 saturated heterocycles. The lowest BCUT2D eigenvalue weighted by Gasteiger charge is -2.13. The van der Waals surface area contributed by atoms with Gasteiger partial charge >= 0.3 is 0 Å². The number of nitrogens with one attached hydrogen (secondary N) is 1. The Labute approximate surface area is 148 Å². The van der Waals surface area contributed by atoms with Crippen LogP contribution in [-0.4, -0.2) is 21.6 Å². The average Bonchev–Trinajstić information content (AvgIpc) is 2.61. The Morgan fingerprint density at radius 1 is 1.00 bits per heavy atom. The molecule has 0 bridgehead atoms. The molecule has 0 saturated carbocycles. The predicted molar refractivity (Wildman–Crippen MR) is 100 cm³/mol. The molecular formula is C18H16IN3O. The van der Waals surface area contributed by atoms with E-state index < -0.39 is 6.10 Å². The molecule has 0 aliphatic carbocycles. The average molecular weight is 417 g/mol. The first-order valence-electron chi connectivity index (χ1n) is 7.27. The lowest BCUT2D eigenvalue weighted by molar-refractivity contribution is 0.191. The predicted octanol–water partition coefficient (Wildman–Crippen LogP) is 3.89. The fourth-order valence-corrected chi connectivity index (χ4v) is 2.59. The molecule has 1 atom stereocenters. The topological polar surface area (TPSA) is 58.0 Å². The summed E-state index contributed by atoms with van der Waals surface area (Å²) in [6, 6.07) is 19.6. The summed E-state index contributed by atoms with van der Waals surface area (Å²) in [4.78, 5) is 8.52. The third kappa shape index (κ3) is 4.27. The number of benzene rings is 2. The molecule has 116 valence electrons. The normalized spacial score (nSPS) is 11.9. The third-order valence-corrected chi connectivity index (χ3v) is 4.19. The van der Waals surface area contributed by atoms with Crippen LogP contribution in [-0.2, 0) is 0 Å². The van der Waals surface area contributed by atoms with E-state index in [0.717, 1.165) is 16.8 Å². The zero-order valence-electron chi connectivity index (χ0n) is 12.4. The summed E-state index contributed by atoms with van der Waals surface area (Å²) in [5, 5.41) is 13.4. The maximum absolute atomic E-state index is 10.2. The van der Waals surface area contributed by atoms with Crippen molar-refractivity contribution in [2.24, 2.45) is 0 Å². The highest BCUT2D eigenvalue weighted by molar-refractivity contribution is 14.1. The minimum atomic E-state index is -0.576. The molecular weight excluding hydrogens is 401 g/mol. The monoisotopic (exact) mass is 417 g/mol. The molecule has 0 aliphatic heterocycles. The minimum Gasteiger partial charge on any atom is -0.387 e. The van der Waals surface area contributed by atoms with Gasteiger partial charge in [0.15, 0.2) is 0 Å². The number of aliphatic hydroxyl groups is 1. The number of halogens is 1. The number of nitrogens with zero attached hydrogens (tertiary/aromatic N) is 2. The molecule has 0 unspecified atom stereocenters. The summed E-state index contributed by atoms with van der Waals surface area (Å²) >= 11 is 2.28. The van der Waals surface area contributed by atoms with Crippen LogP contribution >= 0.6 is 22.6 Å². The van der Waals surface area contributed by atoms with Gasteiger partial charge in [-0.1, -0.05) is 42.5 Å². The summed E-state index contributed by atoms with van der Waals surface area (Å²) in [7, 11) is 0. The van der Waals surface area contributed by atoms with Gasteiger partial charge in [0.25, 0.3) is 0 Å². The van der Waals surface area contributed by atoms with Crippen molar-refractivity contribution >= 4 is 28.4 Å². The molecule has 0 aliphatic rings. The third-order valence-electron chi connectivity index (χ3n) is 3.47. The van der Waals surface area contributed by atoms with Crippen LogP contribution in [0.1, 0.15) is 11.7 Å². The Hall–Kier alpha value is -1.99. The Kier molecular flexibility index (Phi) is 5.19. The Bertz CT molecular complexity index is 763. The van der Waals surface area contributed by atoms with Gasteiger partial charge in [0.2, 0.25) is 0 Å². The number of aromatic nitrogens is 2. The molecule has 4 nitrogen and oxygen atoms in total. The molecule has 0 spiro atoms. The van der Waals surface area contributed by atoms with E-state index in [1.165, 1.54) is 9.90 Å². The van der Waals surface area contributed by atoms with Gasteiger partial charge in [-0.15, -0.1) is 0 Å². The Morgan fingerprint density at radius 3 is 2.48 bits per heavy atom. The van der Waals surface area contributed by atoms with Crippen LogP contribution in [0.25, 0.3) is 11.3 Å². The van der Waals surface area contributed by atoms with Gasteiger partial charge < -0.3 is 10.4 Å². The summed E-state index contributed by atoms with van der Waals surface area (Å²) in [5.41, 5.74) is 2.78. The molecule has 0 amide bonds. The van der Waals surface area contributed by atoms with E-state index in [1.807, 2.05) is 60.7 Å². The molecule has 1 aromatic heterocycles. The van der Waals surface area contributed by atoms with Gasteiger partial charge in [0.1, 0.15) is 12.1 Å². The first-order chi connectivity index (χ1) is 11.2. The molecule has 23 heavy (non-hydrogen) atoms. The van der Waals surface area contributed by atoms with Gasteiger partial charge in [-0.05, 0) is 40.3 Å². The van der Waals surface area contributed by atoms with Gasteiger partial charge in [0.05, 0.1) is 11.8 Å². The van der Waals surface area contributed by atoms with Crippen LogP contribution in [0.15, 0.2) is 67.0 Å². The molecule has 2 aromatic carbocycles. The molecule has 3 aromatic rings. The minimum absolute atomic E-state index is 0.396. The van der Waals surface area contributed by atoms with E-state index in [2.05, 4.69) is 37.9 Å². The van der Waals surface area contributed by atoms with Crippen LogP contribution in [0.4, 0.5) is 5.82 Å². The first-order valence-corrected chi connectivity index (χ1v) is 8.35. The molecule has 2 N–H and O–H groups in total. The van der Waals surface area contributed by atoms with Crippen molar-refractivity contribution in [1.82, 2.24) is 9.97 Å². The highest BCUT2D eigenvalue weighted by atomic mass is 127. The van der Waals surface area contributed by atoms with Crippen molar-refractivity contribution in [2.45, 2.75) is 6.10 Å². The maximum Gasteiger partial charge on any atom is 0.130 e. The van der Waals surface area contributed by atoms with E-state index >= 15 is 0 Å². The zero-order chi connectivity index (χ0) is 16.1. The van der Waals surface area contributed by atoms with Crippen molar-refractivity contribution < 1.29 is 5.11 Å². The van der Waals surface area contributed by atoms with E-state index in [9.17, 15) is 5.11 Å². The Morgan fingerprint density at radius 2 is 1.74 bits per heavy atom. The summed E-state index contributed by atoms with van der Waals surface area (Å²) in [5.74, 6) is 0.698. The fourth-order valence-electron chi connectivity index (χ4n) is 2.23. The van der Waals surface area contributed by atoms with Crippen molar-refractivity contribution in [2.75, 3.05) is 11.9 Å². The van der Waals surface area contributed by atoms with Crippen molar-refractivity contribution in [3.8, 4) is 11.3 Å². The molecule has 0 radical (unpaired) electrons. The van der Waals surface area contributed by atoms with Crippen LogP contribution in [0.5, 0.6) is 0 Å². The summed E-state index contributed by atoms with van der Waals surface area (Å²) in [6.45, 7) is 0.396. The molecule has 3 rings (SSSR count). The lowest BCUT2D eigenvalue weighted by Crippen LogP contribution is -2.13. The standard InChI is InChI=1S/C18H16IN3O/c19-15-8-6-13(7-9-15)16-10-18(22-12-21-16)20-11-17(23)14-4-2-1-3-5-14/h1-10,12,17,23H,11H2,(H,20,21,22)/t17-/m0/s1. The van der Waals surface area contributed by atoms with Crippen LogP contribution in [0.2, 0.25) is 0 Å². The number of hydrogen-bond donors (Lipinski definition) is 2. The highest BCUT2D eigenvalue weighted by Gasteiger charge is 2.07. The van der Waals surface area contributed by atoms with Crippen LogP contribution in [0, 0.1) is 3.57 Å². The van der Waals surface area contributed by atoms with E-state index in [1.54, 1.807) is 0 Å². The van der Waals surface area contributed by atoms with E-state index in [-0.39, 0.29) is 0 Å². The quantitative estimate of drug-likeness (QED) is 0.619. The SMILES string of the molecule is O[C@@H](CNc1cc(-c2ccc(I)cc2)ncn1)c1ccccc1. The second-order valence-electron chi connectivity index (χ2n) is 5.10. The van der Waals surface area contributed by atoms with E-state index in [4.69, 9.17) is 0 Å². The summed E-state index contributed by atoms with van der Waals surface area (Å²) < 4.78 is 1.18. The fraction of sp³-hybridized carbons (Fsp3) is 0.111. The highest BCUT2D eigenvalue weighted by Crippen LogP contribution is 2.20. The molecule has 0 fully saturated rings. The van der Waals surface area contributed by atoms with Crippen molar-refractivity contribution in [3.63, 3.8) is 0 Å². The van der Waals surface area contributed by atoms with E-state index in [0.29, 0.717) is 12.4 Å². The van der Waals surface area contributed by atoms with Gasteiger partial charge in [0, 0.05) is 21.7 Å². The maximum atomic E-state index is 10.2. The zero-order valence-corrected chi connectivity index (χ0v) is 14.5. The van der Waals surface area contributed by atoms with Crippen molar-refractivity contribution in [1.29, 1.82) is 0 Å². The van der Waals surface area contributed by atoms with Gasteiger partial charge in [-0.25, -0.2) is 9.97 Å². The second-order valence-corrected chi connectivity index (χ2v) is 6.35. The number of hydrogen-bond acceptors (Lipinski definition) is 4. The number of aliphatic hydroxyl groups excluding tert-OH is 1. The smallest absolute Gasteiger partial charge is 0.130 e.